The lowest BCUT2D eigenvalue weighted by atomic mass is 10.0. The second-order valence-corrected chi connectivity index (χ2v) is 7.14. The monoisotopic (exact) mass is 335 g/mol. The highest BCUT2D eigenvalue weighted by molar-refractivity contribution is 5.83. The van der Waals surface area contributed by atoms with Gasteiger partial charge in [0.2, 0.25) is 0 Å². The largest absolute Gasteiger partial charge is 0.357 e. The first-order chi connectivity index (χ1) is 11.9. The second-order valence-electron chi connectivity index (χ2n) is 7.14. The summed E-state index contributed by atoms with van der Waals surface area (Å²) in [6, 6.07) is 0. The first-order valence-corrected chi connectivity index (χ1v) is 10.5. The molecular formula is C21H41N3. The van der Waals surface area contributed by atoms with Crippen molar-refractivity contribution in [1.29, 1.82) is 0 Å². The normalized spacial score (nSPS) is 14.2. The minimum absolute atomic E-state index is 0.744. The van der Waals surface area contributed by atoms with Gasteiger partial charge in [0.1, 0.15) is 0 Å². The average molecular weight is 336 g/mol. The highest BCUT2D eigenvalue weighted by Crippen LogP contribution is 2.14. The van der Waals surface area contributed by atoms with Crippen LogP contribution in [0.3, 0.4) is 0 Å². The van der Waals surface area contributed by atoms with Crippen molar-refractivity contribution < 1.29 is 0 Å². The molecule has 0 saturated heterocycles. The summed E-state index contributed by atoms with van der Waals surface area (Å²) in [6.45, 7) is 7.56. The van der Waals surface area contributed by atoms with Crippen LogP contribution >= 0.6 is 0 Å². The van der Waals surface area contributed by atoms with Crippen molar-refractivity contribution >= 4 is 5.84 Å². The molecule has 0 aromatic heterocycles. The van der Waals surface area contributed by atoms with Crippen molar-refractivity contribution in [2.45, 2.75) is 89.9 Å². The van der Waals surface area contributed by atoms with E-state index in [1.165, 1.54) is 89.3 Å². The Morgan fingerprint density at radius 1 is 0.875 bits per heavy atom. The van der Waals surface area contributed by atoms with E-state index < -0.39 is 0 Å². The quantitative estimate of drug-likeness (QED) is 0.289. The number of nitrogens with zero attached hydrogens (tertiary/aromatic N) is 2. The van der Waals surface area contributed by atoms with Gasteiger partial charge in [0.15, 0.2) is 0 Å². The van der Waals surface area contributed by atoms with Gasteiger partial charge in [-0.15, -0.1) is 6.58 Å². The van der Waals surface area contributed by atoms with E-state index >= 15 is 0 Å². The molecule has 0 spiro atoms. The molecule has 1 heterocycles. The van der Waals surface area contributed by atoms with E-state index in [1.54, 1.807) is 0 Å². The molecule has 0 bridgehead atoms. The van der Waals surface area contributed by atoms with E-state index in [-0.39, 0.29) is 0 Å². The summed E-state index contributed by atoms with van der Waals surface area (Å²) in [5, 5.41) is 0. The van der Waals surface area contributed by atoms with Gasteiger partial charge in [-0.2, -0.15) is 0 Å². The van der Waals surface area contributed by atoms with Crippen LogP contribution in [-0.2, 0) is 0 Å². The zero-order valence-corrected chi connectivity index (χ0v) is 16.0. The minimum atomic E-state index is 0.744. The SMILES string of the molecule is C=CCCCCCCCCCCCCCCC1=NCCN1CCN. The van der Waals surface area contributed by atoms with Crippen LogP contribution in [0.25, 0.3) is 0 Å². The van der Waals surface area contributed by atoms with Gasteiger partial charge in [-0.3, -0.25) is 4.99 Å². The van der Waals surface area contributed by atoms with Gasteiger partial charge in [-0.25, -0.2) is 0 Å². The van der Waals surface area contributed by atoms with Gasteiger partial charge < -0.3 is 10.6 Å². The molecule has 0 atom stereocenters. The van der Waals surface area contributed by atoms with Crippen molar-refractivity contribution in [3.8, 4) is 0 Å². The Hall–Kier alpha value is -0.830. The van der Waals surface area contributed by atoms with Crippen LogP contribution in [0.4, 0.5) is 0 Å². The molecule has 3 heteroatoms. The van der Waals surface area contributed by atoms with E-state index in [0.29, 0.717) is 0 Å². The van der Waals surface area contributed by atoms with Crippen LogP contribution in [0.2, 0.25) is 0 Å². The first kappa shape index (κ1) is 21.2. The minimum Gasteiger partial charge on any atom is -0.357 e. The summed E-state index contributed by atoms with van der Waals surface area (Å²) < 4.78 is 0. The first-order valence-electron chi connectivity index (χ1n) is 10.5. The number of allylic oxidation sites excluding steroid dienone is 1. The molecule has 1 aliphatic rings. The molecule has 0 unspecified atom stereocenters. The maximum absolute atomic E-state index is 5.65. The third-order valence-corrected chi connectivity index (χ3v) is 4.99. The molecule has 0 aliphatic carbocycles. The standard InChI is InChI=1S/C21H41N3/c1-2-3-4-5-6-7-8-9-10-11-12-13-14-15-16-21-23-18-20-24(21)19-17-22/h2H,1,3-20,22H2. The van der Waals surface area contributed by atoms with Gasteiger partial charge in [-0.1, -0.05) is 70.3 Å². The summed E-state index contributed by atoms with van der Waals surface area (Å²) >= 11 is 0. The van der Waals surface area contributed by atoms with Crippen LogP contribution in [0, 0.1) is 0 Å². The van der Waals surface area contributed by atoms with Crippen LogP contribution in [0.15, 0.2) is 17.6 Å². The van der Waals surface area contributed by atoms with E-state index in [0.717, 1.165) is 32.6 Å². The lowest BCUT2D eigenvalue weighted by Gasteiger charge is -2.19. The maximum Gasteiger partial charge on any atom is 0.0990 e. The fourth-order valence-corrected chi connectivity index (χ4v) is 3.50. The number of hydrogen-bond acceptors (Lipinski definition) is 3. The highest BCUT2D eigenvalue weighted by Gasteiger charge is 2.14. The van der Waals surface area contributed by atoms with Gasteiger partial charge >= 0.3 is 0 Å². The van der Waals surface area contributed by atoms with E-state index in [2.05, 4.69) is 16.5 Å². The summed E-state index contributed by atoms with van der Waals surface area (Å²) in [5.41, 5.74) is 5.65. The van der Waals surface area contributed by atoms with Crippen molar-refractivity contribution in [2.75, 3.05) is 26.2 Å². The third kappa shape index (κ3) is 10.9. The number of unbranched alkanes of at least 4 members (excludes halogenated alkanes) is 12. The molecule has 0 saturated carbocycles. The molecular weight excluding hydrogens is 294 g/mol. The predicted octanol–water partition coefficient (Wildman–Crippen LogP) is 5.31. The van der Waals surface area contributed by atoms with Gasteiger partial charge in [0, 0.05) is 26.1 Å². The molecule has 3 nitrogen and oxygen atoms in total. The Morgan fingerprint density at radius 3 is 1.96 bits per heavy atom. The Morgan fingerprint density at radius 2 is 1.42 bits per heavy atom. The van der Waals surface area contributed by atoms with E-state index in [4.69, 9.17) is 5.73 Å². The van der Waals surface area contributed by atoms with Crippen molar-refractivity contribution in [3.63, 3.8) is 0 Å². The molecule has 0 amide bonds. The Bertz CT molecular complexity index is 325. The smallest absolute Gasteiger partial charge is 0.0990 e. The van der Waals surface area contributed by atoms with Gasteiger partial charge in [0.25, 0.3) is 0 Å². The number of nitrogens with two attached hydrogens (primary N) is 1. The van der Waals surface area contributed by atoms with Gasteiger partial charge in [-0.05, 0) is 19.3 Å². The van der Waals surface area contributed by atoms with Crippen molar-refractivity contribution in [1.82, 2.24) is 4.90 Å². The second kappa shape index (κ2) is 15.7. The predicted molar refractivity (Wildman–Crippen MR) is 108 cm³/mol. The van der Waals surface area contributed by atoms with Crippen molar-refractivity contribution in [2.24, 2.45) is 10.7 Å². The zero-order chi connectivity index (χ0) is 17.3. The van der Waals surface area contributed by atoms with Gasteiger partial charge in [0.05, 0.1) is 12.4 Å². The summed E-state index contributed by atoms with van der Waals surface area (Å²) in [7, 11) is 0. The average Bonchev–Trinajstić information content (AvgIpc) is 3.03. The summed E-state index contributed by atoms with van der Waals surface area (Å²) in [6.07, 6.45) is 21.2. The molecule has 0 radical (unpaired) electrons. The summed E-state index contributed by atoms with van der Waals surface area (Å²) in [4.78, 5) is 6.99. The molecule has 1 rings (SSSR count). The number of aliphatic imine (C=N–C) groups is 1. The Balaban J connectivity index is 1.78. The molecule has 2 N–H and O–H groups in total. The summed E-state index contributed by atoms with van der Waals surface area (Å²) in [5.74, 6) is 1.31. The van der Waals surface area contributed by atoms with Crippen LogP contribution < -0.4 is 5.73 Å². The van der Waals surface area contributed by atoms with E-state index in [9.17, 15) is 0 Å². The number of amidine groups is 1. The lowest BCUT2D eigenvalue weighted by molar-refractivity contribution is 0.455. The lowest BCUT2D eigenvalue weighted by Crippen LogP contribution is -2.32. The molecule has 0 fully saturated rings. The number of rotatable bonds is 17. The third-order valence-electron chi connectivity index (χ3n) is 4.99. The van der Waals surface area contributed by atoms with Crippen LogP contribution in [0.5, 0.6) is 0 Å². The fourth-order valence-electron chi connectivity index (χ4n) is 3.50. The number of hydrogen-bond donors (Lipinski definition) is 1. The van der Waals surface area contributed by atoms with Crippen molar-refractivity contribution in [3.05, 3.63) is 12.7 Å². The molecule has 0 aromatic rings. The topological polar surface area (TPSA) is 41.6 Å². The Labute approximate surface area is 150 Å². The van der Waals surface area contributed by atoms with Crippen LogP contribution in [0.1, 0.15) is 89.9 Å². The molecule has 1 aliphatic heterocycles. The zero-order valence-electron chi connectivity index (χ0n) is 16.0. The molecule has 0 aromatic carbocycles. The van der Waals surface area contributed by atoms with E-state index in [1.807, 2.05) is 6.08 Å². The highest BCUT2D eigenvalue weighted by atomic mass is 15.2. The van der Waals surface area contributed by atoms with Crippen LogP contribution in [-0.4, -0.2) is 36.9 Å². The maximum atomic E-state index is 5.65. The Kier molecular flexibility index (Phi) is 13.9. The molecule has 140 valence electrons. The fraction of sp³-hybridized carbons (Fsp3) is 0.857. The molecule has 24 heavy (non-hydrogen) atoms.